The summed E-state index contributed by atoms with van der Waals surface area (Å²) in [4.78, 5) is 19.3. The van der Waals surface area contributed by atoms with Gasteiger partial charge >= 0.3 is 26.5 Å². The second-order valence-electron chi connectivity index (χ2n) is 6.41. The van der Waals surface area contributed by atoms with Gasteiger partial charge in [-0.25, -0.2) is 22.7 Å². The van der Waals surface area contributed by atoms with Gasteiger partial charge in [-0.05, 0) is 0 Å². The number of nitrogens with one attached hydrogen (secondary N) is 1. The van der Waals surface area contributed by atoms with Crippen molar-refractivity contribution < 1.29 is 26.7 Å². The number of imidazole rings is 2. The molecule has 0 saturated heterocycles. The first-order valence-corrected chi connectivity index (χ1v) is 11.1. The topological polar surface area (TPSA) is 160 Å². The monoisotopic (exact) mass is 449 g/mol. The quantitative estimate of drug-likeness (QED) is 0.483. The maximum Gasteiger partial charge on any atom is 0.404 e. The molecule has 1 amide bonds. The molecule has 0 saturated carbocycles. The minimum Gasteiger partial charge on any atom is -0.465 e. The van der Waals surface area contributed by atoms with Crippen molar-refractivity contribution in [1.29, 1.82) is 0 Å². The molecule has 2 heterocycles. The van der Waals surface area contributed by atoms with Crippen molar-refractivity contribution >= 4 is 26.5 Å². The Morgan fingerprint density at radius 2 is 1.34 bits per heavy atom. The second kappa shape index (κ2) is 8.48. The van der Waals surface area contributed by atoms with E-state index >= 15 is 0 Å². The smallest absolute Gasteiger partial charge is 0.404 e. The van der Waals surface area contributed by atoms with Crippen LogP contribution < -0.4 is 5.32 Å². The summed E-state index contributed by atoms with van der Waals surface area (Å²) in [6.45, 7) is 0. The lowest BCUT2D eigenvalue weighted by Crippen LogP contribution is -2.40. The van der Waals surface area contributed by atoms with Crippen LogP contribution in [0.25, 0.3) is 0 Å². The van der Waals surface area contributed by atoms with E-state index in [1.165, 1.54) is 53.0 Å². The number of carboxylic acid groups (broad SMARTS) is 1. The van der Waals surface area contributed by atoms with Gasteiger partial charge in [0.15, 0.2) is 0 Å². The Morgan fingerprint density at radius 1 is 0.966 bits per heavy atom. The van der Waals surface area contributed by atoms with Crippen molar-refractivity contribution in [2.75, 3.05) is 28.2 Å². The maximum absolute atomic E-state index is 12.4. The molecule has 15 heteroatoms. The first-order valence-electron chi connectivity index (χ1n) is 8.27. The molecular formula is C14H23N7O6S2. The molecule has 0 unspecified atom stereocenters. The molecule has 13 nitrogen and oxygen atoms in total. The maximum atomic E-state index is 12.4. The highest BCUT2D eigenvalue weighted by Crippen LogP contribution is 2.13. The predicted octanol–water partition coefficient (Wildman–Crippen LogP) is -1.19. The third kappa shape index (κ3) is 4.92. The summed E-state index contributed by atoms with van der Waals surface area (Å²) in [6, 6.07) is -0.885. The van der Waals surface area contributed by atoms with Gasteiger partial charge in [-0.1, -0.05) is 0 Å². The van der Waals surface area contributed by atoms with Crippen LogP contribution in [0, 0.1) is 0 Å². The Bertz CT molecular complexity index is 993. The Hall–Kier alpha value is -2.49. The van der Waals surface area contributed by atoms with Crippen LogP contribution in [0.1, 0.15) is 11.6 Å². The molecule has 2 rings (SSSR count). The summed E-state index contributed by atoms with van der Waals surface area (Å²) in [5, 5.41) is 11.4. The number of carbonyl (C=O) groups is 1. The summed E-state index contributed by atoms with van der Waals surface area (Å²) in [5.41, 5.74) is 0. The van der Waals surface area contributed by atoms with Crippen LogP contribution in [0.3, 0.4) is 0 Å². The number of hydrogen-bond donors (Lipinski definition) is 2. The molecule has 2 aromatic heterocycles. The van der Waals surface area contributed by atoms with Gasteiger partial charge in [0.2, 0.25) is 0 Å². The number of hydrogen-bond acceptors (Lipinski definition) is 7. The zero-order valence-corrected chi connectivity index (χ0v) is 17.9. The fourth-order valence-corrected chi connectivity index (χ4v) is 4.39. The van der Waals surface area contributed by atoms with Crippen LogP contribution in [0.4, 0.5) is 4.79 Å². The number of amides is 1. The van der Waals surface area contributed by atoms with Crippen molar-refractivity contribution in [2.24, 2.45) is 0 Å². The second-order valence-corrected chi connectivity index (χ2v) is 10.5. The molecule has 0 aliphatic heterocycles. The molecule has 162 valence electrons. The normalized spacial score (nSPS) is 12.8. The van der Waals surface area contributed by atoms with E-state index in [-0.39, 0.29) is 24.5 Å². The fraction of sp³-hybridized carbons (Fsp3) is 0.500. The fourth-order valence-electron chi connectivity index (χ4n) is 2.49. The molecule has 0 aliphatic carbocycles. The SMILES string of the molecule is CN(C)S(=O)(=O)n1ccnc1CC(Cc1nccn1S(=O)(=O)N(C)C)NC(=O)O. The van der Waals surface area contributed by atoms with Gasteiger partial charge < -0.3 is 10.4 Å². The van der Waals surface area contributed by atoms with E-state index < -0.39 is 32.6 Å². The minimum atomic E-state index is -3.85. The zero-order valence-electron chi connectivity index (χ0n) is 16.3. The largest absolute Gasteiger partial charge is 0.465 e. The van der Waals surface area contributed by atoms with E-state index in [1.807, 2.05) is 0 Å². The molecule has 0 fully saturated rings. The van der Waals surface area contributed by atoms with Gasteiger partial charge in [0.05, 0.1) is 0 Å². The molecule has 0 aliphatic rings. The van der Waals surface area contributed by atoms with Crippen molar-refractivity contribution in [1.82, 2.24) is 31.8 Å². The van der Waals surface area contributed by atoms with Gasteiger partial charge in [-0.2, -0.15) is 25.4 Å². The lowest BCUT2D eigenvalue weighted by Gasteiger charge is -2.20. The van der Waals surface area contributed by atoms with Crippen LogP contribution in [0.5, 0.6) is 0 Å². The number of aromatic nitrogens is 4. The highest BCUT2D eigenvalue weighted by Gasteiger charge is 2.26. The van der Waals surface area contributed by atoms with Crippen molar-refractivity contribution in [3.8, 4) is 0 Å². The lowest BCUT2D eigenvalue weighted by molar-refractivity contribution is 0.189. The summed E-state index contributed by atoms with van der Waals surface area (Å²) < 4.78 is 53.5. The summed E-state index contributed by atoms with van der Waals surface area (Å²) in [6.07, 6.45) is 3.50. The van der Waals surface area contributed by atoms with E-state index in [0.717, 1.165) is 16.6 Å². The van der Waals surface area contributed by atoms with Gasteiger partial charge in [0.25, 0.3) is 0 Å². The molecule has 0 atom stereocenters. The Morgan fingerprint density at radius 3 is 1.66 bits per heavy atom. The third-order valence-electron chi connectivity index (χ3n) is 3.97. The molecule has 0 bridgehead atoms. The van der Waals surface area contributed by atoms with Gasteiger partial charge in [-0.3, -0.25) is 0 Å². The molecule has 0 radical (unpaired) electrons. The number of rotatable bonds is 9. The van der Waals surface area contributed by atoms with Gasteiger partial charge in [0, 0.05) is 71.9 Å². The first kappa shape index (κ1) is 22.8. The molecule has 2 aromatic rings. The Labute approximate surface area is 169 Å². The van der Waals surface area contributed by atoms with Crippen LogP contribution >= 0.6 is 0 Å². The number of nitrogens with zero attached hydrogens (tertiary/aromatic N) is 6. The van der Waals surface area contributed by atoms with Crippen LogP contribution in [-0.2, 0) is 33.3 Å². The summed E-state index contributed by atoms with van der Waals surface area (Å²) in [5.74, 6) is 0.178. The van der Waals surface area contributed by atoms with E-state index in [4.69, 9.17) is 5.11 Å². The van der Waals surface area contributed by atoms with E-state index in [2.05, 4.69) is 15.3 Å². The molecule has 0 spiro atoms. The van der Waals surface area contributed by atoms with Crippen molar-refractivity contribution in [3.63, 3.8) is 0 Å². The first-order chi connectivity index (χ1) is 13.4. The third-order valence-corrected chi connectivity index (χ3v) is 7.47. The summed E-state index contributed by atoms with van der Waals surface area (Å²) >= 11 is 0. The van der Waals surface area contributed by atoms with E-state index in [0.29, 0.717) is 0 Å². The molecule has 0 aromatic carbocycles. The summed E-state index contributed by atoms with van der Waals surface area (Å²) in [7, 11) is -2.28. The van der Waals surface area contributed by atoms with Gasteiger partial charge in [0.1, 0.15) is 11.6 Å². The average molecular weight is 450 g/mol. The van der Waals surface area contributed by atoms with E-state index in [9.17, 15) is 21.6 Å². The molecular weight excluding hydrogens is 426 g/mol. The Kier molecular flexibility index (Phi) is 6.67. The minimum absolute atomic E-state index is 0.0889. The standard InChI is InChI=1S/C14H23N7O6S2/c1-18(2)28(24,25)20-7-5-15-12(20)9-11(17-14(22)23)10-13-16-6-8-21(13)29(26,27)19(3)4/h5-8,11,17H,9-10H2,1-4H3,(H,22,23). The molecule has 2 N–H and O–H groups in total. The predicted molar refractivity (Wildman–Crippen MR) is 103 cm³/mol. The van der Waals surface area contributed by atoms with Crippen molar-refractivity contribution in [2.45, 2.75) is 18.9 Å². The highest BCUT2D eigenvalue weighted by atomic mass is 32.2. The van der Waals surface area contributed by atoms with Crippen LogP contribution in [-0.4, -0.2) is 88.8 Å². The lowest BCUT2D eigenvalue weighted by atomic mass is 10.1. The van der Waals surface area contributed by atoms with E-state index in [1.54, 1.807) is 0 Å². The Balaban J connectivity index is 2.37. The van der Waals surface area contributed by atoms with Crippen LogP contribution in [0.2, 0.25) is 0 Å². The highest BCUT2D eigenvalue weighted by molar-refractivity contribution is 7.87. The van der Waals surface area contributed by atoms with Crippen molar-refractivity contribution in [3.05, 3.63) is 36.4 Å². The average Bonchev–Trinajstić information content (AvgIpc) is 3.23. The zero-order chi connectivity index (χ0) is 22.0. The molecule has 29 heavy (non-hydrogen) atoms. The van der Waals surface area contributed by atoms with Gasteiger partial charge in [-0.15, -0.1) is 0 Å². The van der Waals surface area contributed by atoms with Crippen LogP contribution in [0.15, 0.2) is 24.8 Å².